The number of ether oxygens (including phenoxy) is 2. The molecule has 6 heteroatoms. The van der Waals surface area contributed by atoms with Crippen LogP contribution in [0.2, 0.25) is 5.02 Å². The highest BCUT2D eigenvalue weighted by Gasteiger charge is 2.12. The SMILES string of the molecule is COc1cccc(OC)c1NC(=O)NCCc1cccc(Cl)c1. The van der Waals surface area contributed by atoms with Crippen LogP contribution < -0.4 is 20.1 Å². The van der Waals surface area contributed by atoms with Crippen molar-refractivity contribution in [3.8, 4) is 11.5 Å². The Bertz CT molecular complexity index is 654. The molecule has 0 bridgehead atoms. The lowest BCUT2D eigenvalue weighted by Crippen LogP contribution is -2.30. The molecule has 2 rings (SSSR count). The fourth-order valence-corrected chi connectivity index (χ4v) is 2.36. The van der Waals surface area contributed by atoms with Crippen molar-refractivity contribution in [2.75, 3.05) is 26.1 Å². The fraction of sp³-hybridized carbons (Fsp3) is 0.235. The van der Waals surface area contributed by atoms with Crippen molar-refractivity contribution in [2.24, 2.45) is 0 Å². The van der Waals surface area contributed by atoms with Gasteiger partial charge in [-0.2, -0.15) is 0 Å². The average molecular weight is 335 g/mol. The number of para-hydroxylation sites is 1. The summed E-state index contributed by atoms with van der Waals surface area (Å²) in [6.07, 6.45) is 0.692. The van der Waals surface area contributed by atoms with E-state index in [-0.39, 0.29) is 6.03 Å². The molecule has 0 aromatic heterocycles. The quantitative estimate of drug-likeness (QED) is 0.846. The highest BCUT2D eigenvalue weighted by molar-refractivity contribution is 6.30. The first-order chi connectivity index (χ1) is 11.1. The van der Waals surface area contributed by atoms with Gasteiger partial charge in [-0.15, -0.1) is 0 Å². The summed E-state index contributed by atoms with van der Waals surface area (Å²) in [4.78, 5) is 12.0. The third-order valence-corrected chi connectivity index (χ3v) is 3.49. The smallest absolute Gasteiger partial charge is 0.319 e. The van der Waals surface area contributed by atoms with Gasteiger partial charge in [0.05, 0.1) is 14.2 Å². The Morgan fingerprint density at radius 3 is 2.35 bits per heavy atom. The highest BCUT2D eigenvalue weighted by Crippen LogP contribution is 2.33. The molecule has 0 saturated carbocycles. The summed E-state index contributed by atoms with van der Waals surface area (Å²) in [6, 6.07) is 12.5. The molecule has 2 aromatic carbocycles. The predicted octanol–water partition coefficient (Wildman–Crippen LogP) is 3.72. The molecule has 2 N–H and O–H groups in total. The van der Waals surface area contributed by atoms with Crippen molar-refractivity contribution < 1.29 is 14.3 Å². The summed E-state index contributed by atoms with van der Waals surface area (Å²) >= 11 is 5.93. The van der Waals surface area contributed by atoms with Crippen LogP contribution in [0.25, 0.3) is 0 Å². The van der Waals surface area contributed by atoms with Crippen LogP contribution in [-0.4, -0.2) is 26.8 Å². The van der Waals surface area contributed by atoms with E-state index in [2.05, 4.69) is 10.6 Å². The third kappa shape index (κ3) is 4.79. The second-order valence-electron chi connectivity index (χ2n) is 4.80. The molecular weight excluding hydrogens is 316 g/mol. The van der Waals surface area contributed by atoms with Crippen LogP contribution in [0.4, 0.5) is 10.5 Å². The van der Waals surface area contributed by atoms with Crippen molar-refractivity contribution in [3.05, 3.63) is 53.1 Å². The van der Waals surface area contributed by atoms with Crippen LogP contribution in [0.1, 0.15) is 5.56 Å². The maximum atomic E-state index is 12.0. The van der Waals surface area contributed by atoms with Crippen LogP contribution in [0.3, 0.4) is 0 Å². The molecule has 5 nitrogen and oxygen atoms in total. The van der Waals surface area contributed by atoms with E-state index in [1.54, 1.807) is 18.2 Å². The number of carbonyl (C=O) groups excluding carboxylic acids is 1. The van der Waals surface area contributed by atoms with Crippen molar-refractivity contribution in [2.45, 2.75) is 6.42 Å². The van der Waals surface area contributed by atoms with Crippen LogP contribution in [0.5, 0.6) is 11.5 Å². The molecule has 122 valence electrons. The molecule has 23 heavy (non-hydrogen) atoms. The Kier molecular flexibility index (Phi) is 6.11. The molecule has 0 saturated heterocycles. The molecule has 0 aliphatic rings. The second kappa shape index (κ2) is 8.29. The number of anilines is 1. The number of hydrogen-bond donors (Lipinski definition) is 2. The van der Waals surface area contributed by atoms with Gasteiger partial charge in [0.2, 0.25) is 0 Å². The summed E-state index contributed by atoms with van der Waals surface area (Å²) in [5.41, 5.74) is 1.56. The molecule has 0 fully saturated rings. The van der Waals surface area contributed by atoms with E-state index in [0.29, 0.717) is 35.2 Å². The van der Waals surface area contributed by atoms with Crippen LogP contribution in [0.15, 0.2) is 42.5 Å². The van der Waals surface area contributed by atoms with Gasteiger partial charge in [0.1, 0.15) is 17.2 Å². The van der Waals surface area contributed by atoms with Crippen LogP contribution in [0, 0.1) is 0 Å². The number of rotatable bonds is 6. The molecule has 2 amide bonds. The monoisotopic (exact) mass is 334 g/mol. The first-order valence-electron chi connectivity index (χ1n) is 7.14. The van der Waals surface area contributed by atoms with Gasteiger partial charge in [-0.3, -0.25) is 0 Å². The van der Waals surface area contributed by atoms with E-state index in [1.165, 1.54) is 14.2 Å². The number of carbonyl (C=O) groups is 1. The van der Waals surface area contributed by atoms with Gasteiger partial charge in [0, 0.05) is 11.6 Å². The van der Waals surface area contributed by atoms with Gasteiger partial charge in [-0.05, 0) is 36.2 Å². The maximum absolute atomic E-state index is 12.0. The number of hydrogen-bond acceptors (Lipinski definition) is 3. The fourth-order valence-electron chi connectivity index (χ4n) is 2.14. The van der Waals surface area contributed by atoms with E-state index in [9.17, 15) is 4.79 Å². The Hall–Kier alpha value is -2.40. The van der Waals surface area contributed by atoms with Gasteiger partial charge in [-0.1, -0.05) is 29.8 Å². The summed E-state index contributed by atoms with van der Waals surface area (Å²) < 4.78 is 10.5. The van der Waals surface area contributed by atoms with Crippen molar-refractivity contribution >= 4 is 23.3 Å². The minimum atomic E-state index is -0.324. The lowest BCUT2D eigenvalue weighted by molar-refractivity contribution is 0.252. The molecule has 0 radical (unpaired) electrons. The van der Waals surface area contributed by atoms with Gasteiger partial charge in [0.25, 0.3) is 0 Å². The molecule has 0 heterocycles. The standard InChI is InChI=1S/C17H19ClN2O3/c1-22-14-7-4-8-15(23-2)16(14)20-17(21)19-10-9-12-5-3-6-13(18)11-12/h3-8,11H,9-10H2,1-2H3,(H2,19,20,21). The Balaban J connectivity index is 1.92. The third-order valence-electron chi connectivity index (χ3n) is 3.25. The molecule has 0 atom stereocenters. The highest BCUT2D eigenvalue weighted by atomic mass is 35.5. The zero-order valence-corrected chi connectivity index (χ0v) is 13.8. The number of methoxy groups -OCH3 is 2. The van der Waals surface area contributed by atoms with Crippen molar-refractivity contribution in [1.82, 2.24) is 5.32 Å². The summed E-state index contributed by atoms with van der Waals surface area (Å²) in [5.74, 6) is 1.07. The summed E-state index contributed by atoms with van der Waals surface area (Å²) in [7, 11) is 3.08. The number of amides is 2. The Morgan fingerprint density at radius 1 is 1.09 bits per heavy atom. The number of urea groups is 1. The van der Waals surface area contributed by atoms with Crippen molar-refractivity contribution in [3.63, 3.8) is 0 Å². The van der Waals surface area contributed by atoms with Gasteiger partial charge < -0.3 is 20.1 Å². The number of halogens is 1. The lowest BCUT2D eigenvalue weighted by atomic mass is 10.1. The largest absolute Gasteiger partial charge is 0.494 e. The molecule has 0 aliphatic carbocycles. The Morgan fingerprint density at radius 2 is 1.74 bits per heavy atom. The second-order valence-corrected chi connectivity index (χ2v) is 5.23. The van der Waals surface area contributed by atoms with Gasteiger partial charge in [-0.25, -0.2) is 4.79 Å². The minimum absolute atomic E-state index is 0.324. The minimum Gasteiger partial charge on any atom is -0.494 e. The van der Waals surface area contributed by atoms with Crippen LogP contribution in [-0.2, 0) is 6.42 Å². The summed E-state index contributed by atoms with van der Waals surface area (Å²) in [5, 5.41) is 6.24. The molecular formula is C17H19ClN2O3. The molecule has 0 unspecified atom stereocenters. The van der Waals surface area contributed by atoms with E-state index in [4.69, 9.17) is 21.1 Å². The van der Waals surface area contributed by atoms with Crippen LogP contribution >= 0.6 is 11.6 Å². The van der Waals surface area contributed by atoms with Gasteiger partial charge >= 0.3 is 6.03 Å². The maximum Gasteiger partial charge on any atom is 0.319 e. The average Bonchev–Trinajstić information content (AvgIpc) is 2.55. The van der Waals surface area contributed by atoms with Gasteiger partial charge in [0.15, 0.2) is 0 Å². The normalized spacial score (nSPS) is 10.0. The van der Waals surface area contributed by atoms with E-state index >= 15 is 0 Å². The molecule has 0 aliphatic heterocycles. The molecule has 2 aromatic rings. The Labute approximate surface area is 140 Å². The topological polar surface area (TPSA) is 59.6 Å². The van der Waals surface area contributed by atoms with Crippen molar-refractivity contribution in [1.29, 1.82) is 0 Å². The van der Waals surface area contributed by atoms with E-state index in [1.807, 2.05) is 24.3 Å². The van der Waals surface area contributed by atoms with E-state index in [0.717, 1.165) is 5.56 Å². The first kappa shape index (κ1) is 17.0. The number of benzene rings is 2. The zero-order valence-electron chi connectivity index (χ0n) is 13.1. The zero-order chi connectivity index (χ0) is 16.7. The number of nitrogens with one attached hydrogen (secondary N) is 2. The first-order valence-corrected chi connectivity index (χ1v) is 7.52. The summed E-state index contributed by atoms with van der Waals surface area (Å²) in [6.45, 7) is 0.490. The predicted molar refractivity (Wildman–Crippen MR) is 91.7 cm³/mol. The lowest BCUT2D eigenvalue weighted by Gasteiger charge is -2.14. The van der Waals surface area contributed by atoms with E-state index < -0.39 is 0 Å². The molecule has 0 spiro atoms.